The van der Waals surface area contributed by atoms with E-state index in [1.807, 2.05) is 0 Å². The van der Waals surface area contributed by atoms with Gasteiger partial charge in [-0.3, -0.25) is 0 Å². The lowest BCUT2D eigenvalue weighted by Gasteiger charge is -2.36. The maximum atomic E-state index is 13.1. The minimum absolute atomic E-state index is 0.0913. The van der Waals surface area contributed by atoms with E-state index >= 15 is 0 Å². The third-order valence-corrected chi connectivity index (χ3v) is 3.02. The highest BCUT2D eigenvalue weighted by atomic mass is 19.4. The van der Waals surface area contributed by atoms with Crippen LogP contribution >= 0.6 is 0 Å². The molecular formula is C12H15F4NO. The van der Waals surface area contributed by atoms with E-state index in [1.54, 1.807) is 0 Å². The Morgan fingerprint density at radius 2 is 1.89 bits per heavy atom. The van der Waals surface area contributed by atoms with Gasteiger partial charge in [0.15, 0.2) is 0 Å². The highest BCUT2D eigenvalue weighted by Gasteiger charge is 2.58. The summed E-state index contributed by atoms with van der Waals surface area (Å²) in [6.45, 7) is 2.80. The van der Waals surface area contributed by atoms with Crippen molar-refractivity contribution in [1.29, 1.82) is 0 Å². The fourth-order valence-corrected chi connectivity index (χ4v) is 1.86. The summed E-state index contributed by atoms with van der Waals surface area (Å²) < 4.78 is 52.4. The first-order chi connectivity index (χ1) is 8.14. The van der Waals surface area contributed by atoms with E-state index in [0.717, 1.165) is 6.07 Å². The molecule has 1 aromatic rings. The van der Waals surface area contributed by atoms with Crippen LogP contribution in [0, 0.1) is 12.7 Å². The van der Waals surface area contributed by atoms with E-state index in [0.29, 0.717) is 6.07 Å². The predicted molar refractivity (Wildman–Crippen MR) is 59.4 cm³/mol. The molecule has 1 aromatic carbocycles. The summed E-state index contributed by atoms with van der Waals surface area (Å²) >= 11 is 0. The molecule has 3 N–H and O–H groups in total. The predicted octanol–water partition coefficient (Wildman–Crippen LogP) is 2.62. The van der Waals surface area contributed by atoms with E-state index in [1.165, 1.54) is 19.9 Å². The lowest BCUT2D eigenvalue weighted by molar-refractivity contribution is -0.275. The smallest absolute Gasteiger partial charge is 0.375 e. The van der Waals surface area contributed by atoms with E-state index in [9.17, 15) is 22.7 Å². The second-order valence-electron chi connectivity index (χ2n) is 4.24. The summed E-state index contributed by atoms with van der Waals surface area (Å²) in [6.07, 6.45) is -5.06. The van der Waals surface area contributed by atoms with Gasteiger partial charge in [0.1, 0.15) is 5.82 Å². The van der Waals surface area contributed by atoms with Crippen LogP contribution in [0.4, 0.5) is 17.6 Å². The third kappa shape index (κ3) is 2.35. The second-order valence-corrected chi connectivity index (χ2v) is 4.24. The minimum atomic E-state index is -4.97. The SMILES string of the molecule is CCC(N)C(O)(c1cc(F)ccc1C)C(F)(F)F. The van der Waals surface area contributed by atoms with Crippen molar-refractivity contribution in [3.05, 3.63) is 35.1 Å². The quantitative estimate of drug-likeness (QED) is 0.825. The normalized spacial score (nSPS) is 17.3. The number of hydrogen-bond acceptors (Lipinski definition) is 2. The number of hydrogen-bond donors (Lipinski definition) is 2. The van der Waals surface area contributed by atoms with Crippen LogP contribution < -0.4 is 5.73 Å². The Morgan fingerprint density at radius 3 is 2.33 bits per heavy atom. The molecule has 0 aliphatic heterocycles. The molecule has 0 saturated heterocycles. The second kappa shape index (κ2) is 4.85. The molecule has 18 heavy (non-hydrogen) atoms. The number of nitrogens with two attached hydrogens (primary N) is 1. The van der Waals surface area contributed by atoms with Gasteiger partial charge in [0.05, 0.1) is 0 Å². The molecular weight excluding hydrogens is 250 g/mol. The number of halogens is 4. The first-order valence-corrected chi connectivity index (χ1v) is 5.45. The van der Waals surface area contributed by atoms with Gasteiger partial charge in [-0.1, -0.05) is 13.0 Å². The summed E-state index contributed by atoms with van der Waals surface area (Å²) in [5, 5.41) is 9.98. The topological polar surface area (TPSA) is 46.2 Å². The van der Waals surface area contributed by atoms with Gasteiger partial charge in [-0.05, 0) is 31.0 Å². The summed E-state index contributed by atoms with van der Waals surface area (Å²) in [7, 11) is 0. The number of benzene rings is 1. The Bertz CT molecular complexity index is 433. The molecule has 2 unspecified atom stereocenters. The van der Waals surface area contributed by atoms with E-state index in [4.69, 9.17) is 5.73 Å². The Morgan fingerprint density at radius 1 is 1.33 bits per heavy atom. The van der Waals surface area contributed by atoms with Crippen LogP contribution in [0.15, 0.2) is 18.2 Å². The van der Waals surface area contributed by atoms with Crippen LogP contribution in [0.25, 0.3) is 0 Å². The van der Waals surface area contributed by atoms with Gasteiger partial charge < -0.3 is 10.8 Å². The fraction of sp³-hybridized carbons (Fsp3) is 0.500. The first kappa shape index (κ1) is 14.9. The maximum absolute atomic E-state index is 13.1. The van der Waals surface area contributed by atoms with Crippen LogP contribution in [-0.4, -0.2) is 17.3 Å². The molecule has 1 rings (SSSR count). The van der Waals surface area contributed by atoms with Gasteiger partial charge in [-0.15, -0.1) is 0 Å². The van der Waals surface area contributed by atoms with Crippen LogP contribution in [0.1, 0.15) is 24.5 Å². The Labute approximate surface area is 102 Å². The summed E-state index contributed by atoms with van der Waals surface area (Å²) in [6, 6.07) is 1.34. The van der Waals surface area contributed by atoms with Crippen molar-refractivity contribution in [1.82, 2.24) is 0 Å². The molecule has 102 valence electrons. The molecule has 0 aromatic heterocycles. The van der Waals surface area contributed by atoms with E-state index in [-0.39, 0.29) is 12.0 Å². The molecule has 0 bridgehead atoms. The van der Waals surface area contributed by atoms with Gasteiger partial charge in [0.2, 0.25) is 5.60 Å². The molecule has 0 aliphatic carbocycles. The van der Waals surface area contributed by atoms with Crippen molar-refractivity contribution in [2.24, 2.45) is 5.73 Å². The van der Waals surface area contributed by atoms with Crippen LogP contribution in [0.5, 0.6) is 0 Å². The molecule has 0 heterocycles. The summed E-state index contributed by atoms with van der Waals surface area (Å²) in [5.41, 5.74) is 1.76. The molecule has 0 amide bonds. The third-order valence-electron chi connectivity index (χ3n) is 3.02. The lowest BCUT2D eigenvalue weighted by Crippen LogP contribution is -2.55. The van der Waals surface area contributed by atoms with E-state index in [2.05, 4.69) is 0 Å². The van der Waals surface area contributed by atoms with Crippen molar-refractivity contribution in [2.45, 2.75) is 38.1 Å². The van der Waals surface area contributed by atoms with E-state index < -0.39 is 29.2 Å². The number of aliphatic hydroxyl groups is 1. The van der Waals surface area contributed by atoms with Gasteiger partial charge in [0.25, 0.3) is 0 Å². The molecule has 0 radical (unpaired) electrons. The van der Waals surface area contributed by atoms with Crippen molar-refractivity contribution < 1.29 is 22.7 Å². The average molecular weight is 265 g/mol. The molecule has 2 atom stereocenters. The zero-order chi connectivity index (χ0) is 14.1. The first-order valence-electron chi connectivity index (χ1n) is 5.45. The minimum Gasteiger partial charge on any atom is -0.375 e. The van der Waals surface area contributed by atoms with Crippen molar-refractivity contribution in [2.75, 3.05) is 0 Å². The van der Waals surface area contributed by atoms with Crippen molar-refractivity contribution >= 4 is 0 Å². The number of aryl methyl sites for hydroxylation is 1. The molecule has 0 fully saturated rings. The fourth-order valence-electron chi connectivity index (χ4n) is 1.86. The zero-order valence-corrected chi connectivity index (χ0v) is 10.1. The molecule has 6 heteroatoms. The summed E-state index contributed by atoms with van der Waals surface area (Å²) in [5.74, 6) is -0.846. The van der Waals surface area contributed by atoms with Crippen molar-refractivity contribution in [3.63, 3.8) is 0 Å². The molecule has 0 aliphatic rings. The number of rotatable bonds is 3. The van der Waals surface area contributed by atoms with Gasteiger partial charge >= 0.3 is 6.18 Å². The average Bonchev–Trinajstić information content (AvgIpc) is 2.28. The Kier molecular flexibility index (Phi) is 4.02. The van der Waals surface area contributed by atoms with Crippen LogP contribution in [0.2, 0.25) is 0 Å². The van der Waals surface area contributed by atoms with Crippen LogP contribution in [0.3, 0.4) is 0 Å². The Hall–Kier alpha value is -1.14. The highest BCUT2D eigenvalue weighted by molar-refractivity contribution is 5.34. The molecule has 2 nitrogen and oxygen atoms in total. The molecule has 0 saturated carbocycles. The zero-order valence-electron chi connectivity index (χ0n) is 10.1. The lowest BCUT2D eigenvalue weighted by atomic mass is 9.82. The van der Waals surface area contributed by atoms with Crippen LogP contribution in [-0.2, 0) is 5.60 Å². The monoisotopic (exact) mass is 265 g/mol. The van der Waals surface area contributed by atoms with Crippen molar-refractivity contribution in [3.8, 4) is 0 Å². The Balaban J connectivity index is 3.49. The maximum Gasteiger partial charge on any atom is 0.423 e. The van der Waals surface area contributed by atoms with Gasteiger partial charge in [-0.2, -0.15) is 13.2 Å². The standard InChI is InChI=1S/C12H15F4NO/c1-3-10(17)11(18,12(14,15)16)9-6-8(13)5-4-7(9)2/h4-6,10,18H,3,17H2,1-2H3. The number of alkyl halides is 3. The molecule has 0 spiro atoms. The largest absolute Gasteiger partial charge is 0.423 e. The highest BCUT2D eigenvalue weighted by Crippen LogP contribution is 2.43. The summed E-state index contributed by atoms with van der Waals surface area (Å²) in [4.78, 5) is 0. The van der Waals surface area contributed by atoms with Gasteiger partial charge in [-0.25, -0.2) is 4.39 Å². The van der Waals surface area contributed by atoms with Gasteiger partial charge in [0, 0.05) is 11.6 Å².